The fourth-order valence-corrected chi connectivity index (χ4v) is 2.89. The molecule has 0 aliphatic heterocycles. The summed E-state index contributed by atoms with van der Waals surface area (Å²) in [5.74, 6) is -1.18. The van der Waals surface area contributed by atoms with Crippen molar-refractivity contribution in [3.05, 3.63) is 57.8 Å². The van der Waals surface area contributed by atoms with E-state index in [2.05, 4.69) is 10.3 Å². The molecule has 1 aromatic heterocycles. The van der Waals surface area contributed by atoms with Crippen molar-refractivity contribution in [1.29, 1.82) is 0 Å². The lowest BCUT2D eigenvalue weighted by Gasteiger charge is -2.29. The van der Waals surface area contributed by atoms with Crippen LogP contribution in [0.2, 0.25) is 10.0 Å². The van der Waals surface area contributed by atoms with E-state index in [1.165, 1.54) is 24.4 Å². The molecule has 1 N–H and O–H groups in total. The summed E-state index contributed by atoms with van der Waals surface area (Å²) in [4.78, 5) is 28.2. The highest BCUT2D eigenvalue weighted by Gasteiger charge is 2.47. The third kappa shape index (κ3) is 2.71. The topological polar surface area (TPSA) is 59.1 Å². The largest absolute Gasteiger partial charge is 0.322 e. The standard InChI is InChI=1S/C16H11Cl2FN2O2/c17-10-4-1-5-11(13(10)18)21-15(23)16(19)7-6-12(22)14-9(16)3-2-8-20-14/h1-5,8H,6-7H2,(H,21,23)/t16-/m0/s1. The predicted octanol–water partition coefficient (Wildman–Crippen LogP) is 4.17. The third-order valence-corrected chi connectivity index (χ3v) is 4.57. The average molecular weight is 353 g/mol. The summed E-state index contributed by atoms with van der Waals surface area (Å²) < 4.78 is 15.4. The first-order chi connectivity index (χ1) is 10.9. The molecule has 7 heteroatoms. The second-order valence-electron chi connectivity index (χ2n) is 5.18. The van der Waals surface area contributed by atoms with Gasteiger partial charge in [0.15, 0.2) is 5.78 Å². The summed E-state index contributed by atoms with van der Waals surface area (Å²) in [6.45, 7) is 0. The van der Waals surface area contributed by atoms with Crippen LogP contribution in [-0.4, -0.2) is 16.7 Å². The number of halogens is 3. The number of nitrogens with zero attached hydrogens (tertiary/aromatic N) is 1. The van der Waals surface area contributed by atoms with Gasteiger partial charge in [0.05, 0.1) is 15.7 Å². The van der Waals surface area contributed by atoms with E-state index in [1.54, 1.807) is 12.1 Å². The monoisotopic (exact) mass is 352 g/mol. The smallest absolute Gasteiger partial charge is 0.266 e. The van der Waals surface area contributed by atoms with Crippen LogP contribution >= 0.6 is 23.2 Å². The van der Waals surface area contributed by atoms with Crippen molar-refractivity contribution < 1.29 is 14.0 Å². The molecule has 0 unspecified atom stereocenters. The lowest BCUT2D eigenvalue weighted by Crippen LogP contribution is -2.41. The van der Waals surface area contributed by atoms with Gasteiger partial charge < -0.3 is 5.32 Å². The zero-order valence-corrected chi connectivity index (χ0v) is 13.3. The number of aromatic nitrogens is 1. The summed E-state index contributed by atoms with van der Waals surface area (Å²) in [7, 11) is 0. The van der Waals surface area contributed by atoms with Crippen LogP contribution in [0.25, 0.3) is 0 Å². The first-order valence-electron chi connectivity index (χ1n) is 6.86. The molecular weight excluding hydrogens is 342 g/mol. The van der Waals surface area contributed by atoms with Crippen LogP contribution in [0.4, 0.5) is 10.1 Å². The number of hydrogen-bond acceptors (Lipinski definition) is 3. The number of nitrogens with one attached hydrogen (secondary N) is 1. The lowest BCUT2D eigenvalue weighted by atomic mass is 9.81. The van der Waals surface area contributed by atoms with Gasteiger partial charge in [-0.05, 0) is 18.2 Å². The molecule has 4 nitrogen and oxygen atoms in total. The number of rotatable bonds is 2. The number of anilines is 1. The Hall–Kier alpha value is -1.98. The van der Waals surface area contributed by atoms with Crippen molar-refractivity contribution in [2.45, 2.75) is 18.5 Å². The Morgan fingerprint density at radius 1 is 1.26 bits per heavy atom. The fraction of sp³-hybridized carbons (Fsp3) is 0.188. The van der Waals surface area contributed by atoms with Crippen molar-refractivity contribution in [3.8, 4) is 0 Å². The summed E-state index contributed by atoms with van der Waals surface area (Å²) in [5, 5.41) is 2.83. The van der Waals surface area contributed by atoms with Gasteiger partial charge in [0.25, 0.3) is 5.91 Å². The quantitative estimate of drug-likeness (QED) is 0.882. The number of benzene rings is 1. The van der Waals surface area contributed by atoms with E-state index in [0.717, 1.165) is 0 Å². The Bertz CT molecular complexity index is 812. The molecule has 0 radical (unpaired) electrons. The highest BCUT2D eigenvalue weighted by Crippen LogP contribution is 2.39. The van der Waals surface area contributed by atoms with Crippen molar-refractivity contribution in [3.63, 3.8) is 0 Å². The van der Waals surface area contributed by atoms with Crippen LogP contribution < -0.4 is 5.32 Å². The van der Waals surface area contributed by atoms with Gasteiger partial charge >= 0.3 is 0 Å². The molecule has 0 fully saturated rings. The van der Waals surface area contributed by atoms with Crippen LogP contribution in [0.3, 0.4) is 0 Å². The number of amides is 1. The summed E-state index contributed by atoms with van der Waals surface area (Å²) >= 11 is 11.9. The van der Waals surface area contributed by atoms with Gasteiger partial charge in [-0.2, -0.15) is 0 Å². The molecule has 0 spiro atoms. The van der Waals surface area contributed by atoms with Crippen LogP contribution in [0.15, 0.2) is 36.5 Å². The fourth-order valence-electron chi connectivity index (χ4n) is 2.54. The Kier molecular flexibility index (Phi) is 4.08. The van der Waals surface area contributed by atoms with Gasteiger partial charge in [0, 0.05) is 24.6 Å². The van der Waals surface area contributed by atoms with Crippen LogP contribution in [0, 0.1) is 0 Å². The molecule has 118 valence electrons. The maximum atomic E-state index is 15.4. The third-order valence-electron chi connectivity index (χ3n) is 3.76. The van der Waals surface area contributed by atoms with E-state index in [4.69, 9.17) is 23.2 Å². The summed E-state index contributed by atoms with van der Waals surface area (Å²) in [6, 6.07) is 7.56. The molecule has 3 rings (SSSR count). The van der Waals surface area contributed by atoms with Crippen molar-refractivity contribution in [1.82, 2.24) is 4.98 Å². The lowest BCUT2D eigenvalue weighted by molar-refractivity contribution is -0.128. The maximum Gasteiger partial charge on any atom is 0.266 e. The minimum absolute atomic E-state index is 0.00593. The molecular formula is C16H11Cl2FN2O2. The van der Waals surface area contributed by atoms with E-state index in [1.807, 2.05) is 0 Å². The van der Waals surface area contributed by atoms with Crippen LogP contribution in [-0.2, 0) is 10.5 Å². The molecule has 1 amide bonds. The van der Waals surface area contributed by atoms with E-state index in [-0.39, 0.29) is 45.6 Å². The Morgan fingerprint density at radius 3 is 2.83 bits per heavy atom. The molecule has 0 bridgehead atoms. The minimum Gasteiger partial charge on any atom is -0.322 e. The summed E-state index contributed by atoms with van der Waals surface area (Å²) in [5.41, 5.74) is -2.16. The first-order valence-corrected chi connectivity index (χ1v) is 7.62. The zero-order valence-electron chi connectivity index (χ0n) is 11.8. The number of pyridine rings is 1. The SMILES string of the molecule is O=C1CC[C@@](F)(C(=O)Nc2cccc(Cl)c2Cl)c2cccnc21. The van der Waals surface area contributed by atoms with Gasteiger partial charge in [-0.25, -0.2) is 4.39 Å². The predicted molar refractivity (Wildman–Crippen MR) is 85.7 cm³/mol. The number of carbonyl (C=O) groups excluding carboxylic acids is 2. The highest BCUT2D eigenvalue weighted by molar-refractivity contribution is 6.44. The number of Topliss-reactive ketones (excluding diaryl/α,β-unsaturated/α-hetero) is 1. The molecule has 1 aliphatic carbocycles. The second-order valence-corrected chi connectivity index (χ2v) is 5.96. The van der Waals surface area contributed by atoms with Gasteiger partial charge in [0.1, 0.15) is 5.69 Å². The van der Waals surface area contributed by atoms with Gasteiger partial charge in [-0.1, -0.05) is 35.3 Å². The molecule has 1 aliphatic rings. The molecule has 1 aromatic carbocycles. The number of fused-ring (bicyclic) bond motifs is 1. The minimum atomic E-state index is -2.34. The van der Waals surface area contributed by atoms with Gasteiger partial charge in [-0.3, -0.25) is 14.6 Å². The highest BCUT2D eigenvalue weighted by atomic mass is 35.5. The average Bonchev–Trinajstić information content (AvgIpc) is 2.55. The molecule has 0 saturated heterocycles. The van der Waals surface area contributed by atoms with E-state index in [9.17, 15) is 9.59 Å². The van der Waals surface area contributed by atoms with Crippen molar-refractivity contribution >= 4 is 40.6 Å². The van der Waals surface area contributed by atoms with Gasteiger partial charge in [0.2, 0.25) is 5.67 Å². The van der Waals surface area contributed by atoms with Gasteiger partial charge in [-0.15, -0.1) is 0 Å². The Balaban J connectivity index is 1.98. The number of carbonyl (C=O) groups is 2. The van der Waals surface area contributed by atoms with Crippen LogP contribution in [0.1, 0.15) is 28.9 Å². The zero-order chi connectivity index (χ0) is 16.6. The Labute approximate surface area is 141 Å². The van der Waals surface area contributed by atoms with Crippen molar-refractivity contribution in [2.24, 2.45) is 0 Å². The number of ketones is 1. The first kappa shape index (κ1) is 15.9. The van der Waals surface area contributed by atoms with E-state index < -0.39 is 11.6 Å². The van der Waals surface area contributed by atoms with Crippen molar-refractivity contribution in [2.75, 3.05) is 5.32 Å². The number of hydrogen-bond donors (Lipinski definition) is 1. The molecule has 2 aromatic rings. The molecule has 23 heavy (non-hydrogen) atoms. The Morgan fingerprint density at radius 2 is 2.04 bits per heavy atom. The maximum absolute atomic E-state index is 15.4. The second kappa shape index (κ2) is 5.91. The molecule has 1 heterocycles. The number of alkyl halides is 1. The van der Waals surface area contributed by atoms with E-state index in [0.29, 0.717) is 0 Å². The van der Waals surface area contributed by atoms with E-state index >= 15 is 4.39 Å². The molecule has 0 saturated carbocycles. The summed E-state index contributed by atoms with van der Waals surface area (Å²) in [6.07, 6.45) is 1.07. The van der Waals surface area contributed by atoms with Crippen LogP contribution in [0.5, 0.6) is 0 Å². The molecule has 1 atom stereocenters. The normalized spacial score (nSPS) is 20.0.